The molecule has 0 aliphatic rings. The van der Waals surface area contributed by atoms with Crippen molar-refractivity contribution in [2.75, 3.05) is 0 Å². The first-order valence-electron chi connectivity index (χ1n) is 8.35. The van der Waals surface area contributed by atoms with Crippen molar-refractivity contribution in [2.24, 2.45) is 0 Å². The Morgan fingerprint density at radius 1 is 1.00 bits per heavy atom. The number of H-pyrrole nitrogens is 1. The summed E-state index contributed by atoms with van der Waals surface area (Å²) in [7, 11) is 0. The fraction of sp³-hybridized carbons (Fsp3) is 0.0476. The van der Waals surface area contributed by atoms with E-state index in [-0.39, 0.29) is 32.4 Å². The number of aromatic amines is 1. The molecule has 8 heteroatoms. The molecule has 3 rings (SSSR count). The van der Waals surface area contributed by atoms with Crippen LogP contribution >= 0.6 is 34.8 Å². The first kappa shape index (κ1) is 21.0. The van der Waals surface area contributed by atoms with Crippen molar-refractivity contribution in [1.82, 2.24) is 10.2 Å². The van der Waals surface area contributed by atoms with Gasteiger partial charge in [-0.25, -0.2) is 5.10 Å². The van der Waals surface area contributed by atoms with E-state index in [2.05, 4.69) is 16.8 Å². The third-order valence-corrected chi connectivity index (χ3v) is 4.94. The third-order valence-electron chi connectivity index (χ3n) is 4.13. The van der Waals surface area contributed by atoms with E-state index in [1.54, 1.807) is 18.2 Å². The molecule has 0 bridgehead atoms. The van der Waals surface area contributed by atoms with Crippen LogP contribution in [-0.2, 0) is 6.42 Å². The van der Waals surface area contributed by atoms with Crippen molar-refractivity contribution in [3.8, 4) is 0 Å². The molecular weight excluding hydrogens is 435 g/mol. The van der Waals surface area contributed by atoms with Gasteiger partial charge in [-0.1, -0.05) is 53.0 Å². The second kappa shape index (κ2) is 8.74. The number of allylic oxidation sites excluding steroid dienone is 1. The zero-order valence-corrected chi connectivity index (χ0v) is 17.1. The van der Waals surface area contributed by atoms with Crippen LogP contribution in [-0.4, -0.2) is 21.8 Å². The molecule has 0 aliphatic carbocycles. The van der Waals surface area contributed by atoms with Crippen LogP contribution in [0.3, 0.4) is 0 Å². The Kier molecular flexibility index (Phi) is 6.33. The zero-order valence-electron chi connectivity index (χ0n) is 14.8. The molecule has 0 aliphatic heterocycles. The summed E-state index contributed by atoms with van der Waals surface area (Å²) in [6, 6.07) is 10.1. The fourth-order valence-corrected chi connectivity index (χ4v) is 3.76. The molecule has 0 saturated carbocycles. The minimum Gasteiger partial charge on any atom is -0.288 e. The molecule has 0 atom stereocenters. The SMILES string of the molecule is C=CCc1ccc(C(=O)c2c(Cl)cc(Cl)cc2Cl)cc1C(=O)c1ccc(=O)[nH]n1. The van der Waals surface area contributed by atoms with Crippen LogP contribution in [0.1, 0.15) is 37.5 Å². The Morgan fingerprint density at radius 3 is 2.28 bits per heavy atom. The molecule has 146 valence electrons. The van der Waals surface area contributed by atoms with Crippen LogP contribution < -0.4 is 5.56 Å². The van der Waals surface area contributed by atoms with Gasteiger partial charge in [-0.2, -0.15) is 5.10 Å². The van der Waals surface area contributed by atoms with Gasteiger partial charge in [0.2, 0.25) is 5.78 Å². The Morgan fingerprint density at radius 2 is 1.69 bits per heavy atom. The first-order chi connectivity index (χ1) is 13.8. The number of carbonyl (C=O) groups excluding carboxylic acids is 2. The fourth-order valence-electron chi connectivity index (χ4n) is 2.77. The maximum atomic E-state index is 13.0. The van der Waals surface area contributed by atoms with Gasteiger partial charge in [-0.15, -0.1) is 6.58 Å². The van der Waals surface area contributed by atoms with Crippen molar-refractivity contribution in [3.05, 3.63) is 108 Å². The van der Waals surface area contributed by atoms with Crippen LogP contribution in [0.2, 0.25) is 15.1 Å². The molecule has 1 aromatic heterocycles. The van der Waals surface area contributed by atoms with Gasteiger partial charge in [0, 0.05) is 22.2 Å². The number of rotatable bonds is 6. The van der Waals surface area contributed by atoms with Gasteiger partial charge in [-0.3, -0.25) is 14.4 Å². The summed E-state index contributed by atoms with van der Waals surface area (Å²) >= 11 is 18.2. The molecule has 1 heterocycles. The van der Waals surface area contributed by atoms with Crippen LogP contribution in [0.15, 0.2) is 59.9 Å². The second-order valence-electron chi connectivity index (χ2n) is 6.07. The van der Waals surface area contributed by atoms with E-state index in [1.165, 1.54) is 30.3 Å². The van der Waals surface area contributed by atoms with E-state index in [0.717, 1.165) is 0 Å². The van der Waals surface area contributed by atoms with Gasteiger partial charge in [0.05, 0.1) is 15.6 Å². The van der Waals surface area contributed by atoms with Crippen molar-refractivity contribution >= 4 is 46.4 Å². The maximum absolute atomic E-state index is 13.0. The Balaban J connectivity index is 2.10. The number of hydrogen-bond donors (Lipinski definition) is 1. The minimum absolute atomic E-state index is 0.0436. The molecule has 0 unspecified atom stereocenters. The van der Waals surface area contributed by atoms with E-state index in [4.69, 9.17) is 34.8 Å². The topological polar surface area (TPSA) is 79.9 Å². The van der Waals surface area contributed by atoms with Gasteiger partial charge in [0.25, 0.3) is 5.56 Å². The summed E-state index contributed by atoms with van der Waals surface area (Å²) in [5, 5.41) is 6.52. The molecule has 0 radical (unpaired) electrons. The quantitative estimate of drug-likeness (QED) is 0.429. The van der Waals surface area contributed by atoms with Gasteiger partial charge in [0.15, 0.2) is 5.78 Å². The third kappa shape index (κ3) is 4.48. The van der Waals surface area contributed by atoms with Crippen LogP contribution in [0.5, 0.6) is 0 Å². The highest BCUT2D eigenvalue weighted by Gasteiger charge is 2.21. The molecule has 3 aromatic rings. The molecule has 0 spiro atoms. The van der Waals surface area contributed by atoms with E-state index >= 15 is 0 Å². The van der Waals surface area contributed by atoms with Crippen molar-refractivity contribution in [3.63, 3.8) is 0 Å². The van der Waals surface area contributed by atoms with Crippen LogP contribution in [0.25, 0.3) is 0 Å². The monoisotopic (exact) mass is 446 g/mol. The molecule has 2 aromatic carbocycles. The lowest BCUT2D eigenvalue weighted by atomic mass is 9.93. The number of halogens is 3. The van der Waals surface area contributed by atoms with Crippen LogP contribution in [0.4, 0.5) is 0 Å². The molecule has 29 heavy (non-hydrogen) atoms. The lowest BCUT2D eigenvalue weighted by Gasteiger charge is -2.11. The standard InChI is InChI=1S/C21H13Cl3N2O3/c1-2-3-11-4-5-12(20(28)19-15(23)9-13(22)10-16(19)24)8-14(11)21(29)17-6-7-18(27)26-25-17/h2,4-10H,1,3H2,(H,26,27). The highest BCUT2D eigenvalue weighted by atomic mass is 35.5. The van der Waals surface area contributed by atoms with E-state index in [0.29, 0.717) is 17.0 Å². The smallest absolute Gasteiger partial charge is 0.264 e. The number of carbonyl (C=O) groups is 2. The number of ketones is 2. The summed E-state index contributed by atoms with van der Waals surface area (Å²) < 4.78 is 0. The van der Waals surface area contributed by atoms with Gasteiger partial charge >= 0.3 is 0 Å². The Labute approximate surface area is 180 Å². The lowest BCUT2D eigenvalue weighted by Crippen LogP contribution is -2.14. The number of hydrogen-bond acceptors (Lipinski definition) is 4. The molecule has 0 amide bonds. The second-order valence-corrected chi connectivity index (χ2v) is 7.32. The number of benzene rings is 2. The number of aromatic nitrogens is 2. The normalized spacial score (nSPS) is 10.6. The van der Waals surface area contributed by atoms with Gasteiger partial charge in [0.1, 0.15) is 5.69 Å². The van der Waals surface area contributed by atoms with E-state index in [1.807, 2.05) is 0 Å². The summed E-state index contributed by atoms with van der Waals surface area (Å²) in [6.45, 7) is 3.69. The average Bonchev–Trinajstić information content (AvgIpc) is 2.67. The first-order valence-corrected chi connectivity index (χ1v) is 9.48. The number of nitrogens with zero attached hydrogens (tertiary/aromatic N) is 1. The summed E-state index contributed by atoms with van der Waals surface area (Å²) in [5.41, 5.74) is 0.844. The summed E-state index contributed by atoms with van der Waals surface area (Å²) in [5.74, 6) is -0.897. The van der Waals surface area contributed by atoms with Crippen LogP contribution in [0, 0.1) is 0 Å². The highest BCUT2D eigenvalue weighted by Crippen LogP contribution is 2.31. The van der Waals surface area contributed by atoms with Gasteiger partial charge in [-0.05, 0) is 36.2 Å². The van der Waals surface area contributed by atoms with Gasteiger partial charge < -0.3 is 0 Å². The zero-order chi connectivity index (χ0) is 21.1. The largest absolute Gasteiger partial charge is 0.288 e. The summed E-state index contributed by atoms with van der Waals surface area (Å²) in [6.07, 6.45) is 2.04. The van der Waals surface area contributed by atoms with Crippen molar-refractivity contribution < 1.29 is 9.59 Å². The van der Waals surface area contributed by atoms with E-state index < -0.39 is 17.1 Å². The molecule has 0 fully saturated rings. The van der Waals surface area contributed by atoms with E-state index in [9.17, 15) is 14.4 Å². The Hall–Kier alpha value is -2.73. The highest BCUT2D eigenvalue weighted by molar-refractivity contribution is 6.43. The number of nitrogens with one attached hydrogen (secondary N) is 1. The van der Waals surface area contributed by atoms with Crippen molar-refractivity contribution in [2.45, 2.75) is 6.42 Å². The van der Waals surface area contributed by atoms with Crippen molar-refractivity contribution in [1.29, 1.82) is 0 Å². The molecule has 0 saturated heterocycles. The average molecular weight is 448 g/mol. The Bertz CT molecular complexity index is 1160. The lowest BCUT2D eigenvalue weighted by molar-refractivity contribution is 0.103. The predicted molar refractivity (Wildman–Crippen MR) is 114 cm³/mol. The predicted octanol–water partition coefficient (Wildman–Crippen LogP) is 4.92. The molecule has 5 nitrogen and oxygen atoms in total. The molecular formula is C21H13Cl3N2O3. The summed E-state index contributed by atoms with van der Waals surface area (Å²) in [4.78, 5) is 37.2. The molecule has 1 N–H and O–H groups in total. The minimum atomic E-state index is -0.453. The maximum Gasteiger partial charge on any atom is 0.264 e.